The highest BCUT2D eigenvalue weighted by Crippen LogP contribution is 2.17. The Morgan fingerprint density at radius 2 is 1.57 bits per heavy atom. The number of benzene rings is 2. The van der Waals surface area contributed by atoms with Crippen LogP contribution in [0.15, 0.2) is 71.1 Å². The first-order chi connectivity index (χ1) is 14.5. The second kappa shape index (κ2) is 10.8. The number of aryl methyl sites for hydroxylation is 1. The molecule has 0 atom stereocenters. The fourth-order valence-electron chi connectivity index (χ4n) is 3.33. The summed E-state index contributed by atoms with van der Waals surface area (Å²) in [7, 11) is 0. The molecule has 2 aromatic carbocycles. The van der Waals surface area contributed by atoms with Crippen molar-refractivity contribution in [2.45, 2.75) is 46.8 Å². The standard InChI is InChI=1S/C26H32N2O2/c1-20(2)15-16-27-26(29)25-14-13-24(30-25)19-28(17-22-7-5-4-6-8-22)18-23-11-9-21(3)10-12-23/h4-14,20H,15-19H2,1-3H3,(H,27,29). The molecule has 0 fully saturated rings. The molecule has 3 rings (SSSR count). The zero-order valence-electron chi connectivity index (χ0n) is 18.2. The molecule has 3 aromatic rings. The van der Waals surface area contributed by atoms with Crippen LogP contribution in [-0.2, 0) is 19.6 Å². The van der Waals surface area contributed by atoms with Gasteiger partial charge in [0, 0.05) is 19.6 Å². The van der Waals surface area contributed by atoms with Gasteiger partial charge in [-0.1, -0.05) is 74.0 Å². The first-order valence-corrected chi connectivity index (χ1v) is 10.7. The summed E-state index contributed by atoms with van der Waals surface area (Å²) in [5.74, 6) is 1.59. The molecule has 1 amide bonds. The summed E-state index contributed by atoms with van der Waals surface area (Å²) in [5.41, 5.74) is 3.77. The third-order valence-corrected chi connectivity index (χ3v) is 5.05. The Balaban J connectivity index is 1.67. The Bertz CT molecular complexity index is 914. The van der Waals surface area contributed by atoms with Crippen LogP contribution in [0, 0.1) is 12.8 Å². The predicted octanol–water partition coefficient (Wildman–Crippen LogP) is 5.57. The molecule has 1 N–H and O–H groups in total. The van der Waals surface area contributed by atoms with Gasteiger partial charge in [-0.15, -0.1) is 0 Å². The molecule has 0 saturated heterocycles. The molecule has 0 unspecified atom stereocenters. The van der Waals surface area contributed by atoms with Gasteiger partial charge in [-0.25, -0.2) is 0 Å². The van der Waals surface area contributed by atoms with Gasteiger partial charge in [0.2, 0.25) is 0 Å². The summed E-state index contributed by atoms with van der Waals surface area (Å²) < 4.78 is 5.87. The molecule has 4 nitrogen and oxygen atoms in total. The fourth-order valence-corrected chi connectivity index (χ4v) is 3.33. The summed E-state index contributed by atoms with van der Waals surface area (Å²) in [5, 5.41) is 2.94. The van der Waals surface area contributed by atoms with E-state index >= 15 is 0 Å². The zero-order chi connectivity index (χ0) is 21.3. The molecule has 0 aliphatic heterocycles. The van der Waals surface area contributed by atoms with Crippen LogP contribution in [0.1, 0.15) is 53.3 Å². The molecule has 30 heavy (non-hydrogen) atoms. The van der Waals surface area contributed by atoms with Crippen molar-refractivity contribution in [3.63, 3.8) is 0 Å². The SMILES string of the molecule is Cc1ccc(CN(Cc2ccccc2)Cc2ccc(C(=O)NCCC(C)C)o2)cc1. The van der Waals surface area contributed by atoms with Crippen molar-refractivity contribution in [1.29, 1.82) is 0 Å². The number of carbonyl (C=O) groups excluding carboxylic acids is 1. The highest BCUT2D eigenvalue weighted by molar-refractivity contribution is 5.91. The maximum atomic E-state index is 12.3. The average molecular weight is 405 g/mol. The number of carbonyl (C=O) groups is 1. The van der Waals surface area contributed by atoms with E-state index in [-0.39, 0.29) is 5.91 Å². The maximum Gasteiger partial charge on any atom is 0.286 e. The number of furan rings is 1. The lowest BCUT2D eigenvalue weighted by Gasteiger charge is -2.21. The minimum atomic E-state index is -0.143. The van der Waals surface area contributed by atoms with Crippen molar-refractivity contribution in [1.82, 2.24) is 10.2 Å². The largest absolute Gasteiger partial charge is 0.455 e. The molecule has 4 heteroatoms. The van der Waals surface area contributed by atoms with E-state index in [9.17, 15) is 4.79 Å². The van der Waals surface area contributed by atoms with Gasteiger partial charge in [0.25, 0.3) is 5.91 Å². The summed E-state index contributed by atoms with van der Waals surface area (Å²) in [4.78, 5) is 14.7. The Labute approximate surface area is 179 Å². The Hall–Kier alpha value is -2.85. The minimum Gasteiger partial charge on any atom is -0.455 e. The van der Waals surface area contributed by atoms with Crippen LogP contribution in [0.5, 0.6) is 0 Å². The van der Waals surface area contributed by atoms with Crippen molar-refractivity contribution in [2.24, 2.45) is 5.92 Å². The second-order valence-electron chi connectivity index (χ2n) is 8.32. The minimum absolute atomic E-state index is 0.143. The maximum absolute atomic E-state index is 12.3. The molecular weight excluding hydrogens is 372 g/mol. The molecular formula is C26H32N2O2. The van der Waals surface area contributed by atoms with Crippen molar-refractivity contribution >= 4 is 5.91 Å². The van der Waals surface area contributed by atoms with Crippen LogP contribution < -0.4 is 5.32 Å². The average Bonchev–Trinajstić information content (AvgIpc) is 3.19. The van der Waals surface area contributed by atoms with Crippen LogP contribution in [-0.4, -0.2) is 17.4 Å². The monoisotopic (exact) mass is 404 g/mol. The van der Waals surface area contributed by atoms with Crippen molar-refractivity contribution in [3.05, 3.63) is 94.9 Å². The van der Waals surface area contributed by atoms with E-state index in [4.69, 9.17) is 4.42 Å². The van der Waals surface area contributed by atoms with Crippen LogP contribution in [0.25, 0.3) is 0 Å². The van der Waals surface area contributed by atoms with Crippen LogP contribution in [0.4, 0.5) is 0 Å². The summed E-state index contributed by atoms with van der Waals surface area (Å²) in [6.45, 7) is 9.32. The summed E-state index contributed by atoms with van der Waals surface area (Å²) >= 11 is 0. The summed E-state index contributed by atoms with van der Waals surface area (Å²) in [6, 6.07) is 22.7. The Kier molecular flexibility index (Phi) is 7.86. The number of nitrogens with one attached hydrogen (secondary N) is 1. The molecule has 0 spiro atoms. The van der Waals surface area contributed by atoms with Gasteiger partial charge in [-0.05, 0) is 42.5 Å². The van der Waals surface area contributed by atoms with E-state index < -0.39 is 0 Å². The lowest BCUT2D eigenvalue weighted by molar-refractivity contribution is 0.0919. The zero-order valence-corrected chi connectivity index (χ0v) is 18.2. The normalized spacial score (nSPS) is 11.2. The number of rotatable bonds is 10. The molecule has 1 aromatic heterocycles. The molecule has 0 bridgehead atoms. The van der Waals surface area contributed by atoms with E-state index in [0.717, 1.165) is 25.3 Å². The third kappa shape index (κ3) is 6.89. The molecule has 158 valence electrons. The third-order valence-electron chi connectivity index (χ3n) is 5.05. The van der Waals surface area contributed by atoms with Gasteiger partial charge in [0.1, 0.15) is 5.76 Å². The topological polar surface area (TPSA) is 45.5 Å². The van der Waals surface area contributed by atoms with Crippen molar-refractivity contribution < 1.29 is 9.21 Å². The van der Waals surface area contributed by atoms with E-state index in [1.807, 2.05) is 12.1 Å². The second-order valence-corrected chi connectivity index (χ2v) is 8.32. The molecule has 0 aliphatic rings. The molecule has 0 saturated carbocycles. The predicted molar refractivity (Wildman–Crippen MR) is 121 cm³/mol. The number of hydrogen-bond donors (Lipinski definition) is 1. The van der Waals surface area contributed by atoms with Crippen molar-refractivity contribution in [3.8, 4) is 0 Å². The number of hydrogen-bond acceptors (Lipinski definition) is 3. The van der Waals surface area contributed by atoms with Gasteiger partial charge in [-0.3, -0.25) is 9.69 Å². The lowest BCUT2D eigenvalue weighted by Crippen LogP contribution is -2.25. The van der Waals surface area contributed by atoms with Crippen LogP contribution in [0.2, 0.25) is 0 Å². The van der Waals surface area contributed by atoms with E-state index in [2.05, 4.69) is 79.5 Å². The Morgan fingerprint density at radius 1 is 0.900 bits per heavy atom. The first-order valence-electron chi connectivity index (χ1n) is 10.7. The number of amides is 1. The van der Waals surface area contributed by atoms with E-state index in [0.29, 0.717) is 24.8 Å². The van der Waals surface area contributed by atoms with Crippen LogP contribution in [0.3, 0.4) is 0 Å². The first kappa shape index (κ1) is 21.8. The fraction of sp³-hybridized carbons (Fsp3) is 0.346. The van der Waals surface area contributed by atoms with Crippen LogP contribution >= 0.6 is 0 Å². The molecule has 0 radical (unpaired) electrons. The van der Waals surface area contributed by atoms with Gasteiger partial charge in [0.05, 0.1) is 6.54 Å². The molecule has 0 aliphatic carbocycles. The Morgan fingerprint density at radius 3 is 2.23 bits per heavy atom. The number of nitrogens with zero attached hydrogens (tertiary/aromatic N) is 1. The highest BCUT2D eigenvalue weighted by atomic mass is 16.4. The molecule has 1 heterocycles. The van der Waals surface area contributed by atoms with E-state index in [1.165, 1.54) is 16.7 Å². The summed E-state index contributed by atoms with van der Waals surface area (Å²) in [6.07, 6.45) is 0.959. The van der Waals surface area contributed by atoms with Gasteiger partial charge < -0.3 is 9.73 Å². The lowest BCUT2D eigenvalue weighted by atomic mass is 10.1. The smallest absolute Gasteiger partial charge is 0.286 e. The van der Waals surface area contributed by atoms with Crippen molar-refractivity contribution in [2.75, 3.05) is 6.54 Å². The van der Waals surface area contributed by atoms with E-state index in [1.54, 1.807) is 6.07 Å². The highest BCUT2D eigenvalue weighted by Gasteiger charge is 2.14. The quantitative estimate of drug-likeness (QED) is 0.481. The van der Waals surface area contributed by atoms with Gasteiger partial charge in [-0.2, -0.15) is 0 Å². The van der Waals surface area contributed by atoms with Gasteiger partial charge >= 0.3 is 0 Å². The van der Waals surface area contributed by atoms with Gasteiger partial charge in [0.15, 0.2) is 5.76 Å².